The van der Waals surface area contributed by atoms with Crippen molar-refractivity contribution in [3.05, 3.63) is 11.6 Å². The van der Waals surface area contributed by atoms with E-state index in [4.69, 9.17) is 4.74 Å². The molecule has 0 aromatic rings. The summed E-state index contributed by atoms with van der Waals surface area (Å²) >= 11 is 0. The first-order valence-corrected chi connectivity index (χ1v) is 17.1. The smallest absolute Gasteiger partial charge is 0.306 e. The minimum Gasteiger partial charge on any atom is -0.462 e. The van der Waals surface area contributed by atoms with Crippen LogP contribution in [0.15, 0.2) is 11.6 Å². The van der Waals surface area contributed by atoms with Crippen LogP contribution in [0.1, 0.15) is 157 Å². The first kappa shape index (κ1) is 30.2. The van der Waals surface area contributed by atoms with Crippen LogP contribution < -0.4 is 0 Å². The van der Waals surface area contributed by atoms with Crippen LogP contribution in [0.4, 0.5) is 0 Å². The number of unbranched alkanes of at least 4 members (excludes halogenated alkanes) is 5. The predicted octanol–water partition coefficient (Wildman–Crippen LogP) is 10.7. The zero-order valence-electron chi connectivity index (χ0n) is 26.2. The van der Waals surface area contributed by atoms with E-state index in [0.29, 0.717) is 17.3 Å². The van der Waals surface area contributed by atoms with E-state index in [2.05, 4.69) is 47.6 Å². The van der Waals surface area contributed by atoms with Gasteiger partial charge in [0.15, 0.2) is 0 Å². The fourth-order valence-electron chi connectivity index (χ4n) is 10.0. The zero-order valence-corrected chi connectivity index (χ0v) is 26.2. The van der Waals surface area contributed by atoms with Crippen LogP contribution in [0.5, 0.6) is 0 Å². The molecule has 218 valence electrons. The molecule has 4 aliphatic rings. The highest BCUT2D eigenvalue weighted by molar-refractivity contribution is 5.69. The number of fused-ring (bicyclic) bond motifs is 5. The Morgan fingerprint density at radius 3 is 2.45 bits per heavy atom. The largest absolute Gasteiger partial charge is 0.462 e. The molecule has 4 rings (SSSR count). The molecule has 2 nitrogen and oxygen atoms in total. The molecule has 0 amide bonds. The molecule has 38 heavy (non-hydrogen) atoms. The van der Waals surface area contributed by atoms with Gasteiger partial charge in [0.2, 0.25) is 0 Å². The number of hydrogen-bond acceptors (Lipinski definition) is 2. The van der Waals surface area contributed by atoms with Crippen molar-refractivity contribution in [3.63, 3.8) is 0 Å². The molecule has 0 aromatic carbocycles. The third kappa shape index (κ3) is 6.57. The Kier molecular flexibility index (Phi) is 10.5. The van der Waals surface area contributed by atoms with Gasteiger partial charge >= 0.3 is 5.97 Å². The van der Waals surface area contributed by atoms with Gasteiger partial charge in [-0.2, -0.15) is 0 Å². The maximum atomic E-state index is 12.6. The van der Waals surface area contributed by atoms with Gasteiger partial charge < -0.3 is 4.74 Å². The fourth-order valence-corrected chi connectivity index (χ4v) is 10.0. The molecule has 3 saturated carbocycles. The van der Waals surface area contributed by atoms with Crippen molar-refractivity contribution < 1.29 is 9.53 Å². The lowest BCUT2D eigenvalue weighted by atomic mass is 9.47. The molecule has 3 fully saturated rings. The maximum Gasteiger partial charge on any atom is 0.306 e. The Morgan fingerprint density at radius 1 is 0.921 bits per heavy atom. The summed E-state index contributed by atoms with van der Waals surface area (Å²) < 4.78 is 6.04. The van der Waals surface area contributed by atoms with Crippen LogP contribution in [0.2, 0.25) is 0 Å². The summed E-state index contributed by atoms with van der Waals surface area (Å²) in [7, 11) is 0. The number of hydrogen-bond donors (Lipinski definition) is 0. The van der Waals surface area contributed by atoms with Gasteiger partial charge in [0.25, 0.3) is 0 Å². The van der Waals surface area contributed by atoms with E-state index in [1.165, 1.54) is 89.9 Å². The average Bonchev–Trinajstić information content (AvgIpc) is 3.23. The van der Waals surface area contributed by atoms with E-state index in [1.807, 2.05) is 0 Å². The zero-order chi connectivity index (χ0) is 27.3. The molecular formula is C36H62O2. The third-order valence-electron chi connectivity index (χ3n) is 12.3. The molecule has 0 aliphatic heterocycles. The van der Waals surface area contributed by atoms with Crippen LogP contribution in [0.25, 0.3) is 0 Å². The van der Waals surface area contributed by atoms with Gasteiger partial charge in [0.05, 0.1) is 0 Å². The number of ether oxygens (including phenoxy) is 1. The number of esters is 1. The molecule has 0 bridgehead atoms. The molecular weight excluding hydrogens is 464 g/mol. The molecule has 2 unspecified atom stereocenters. The number of carbonyl (C=O) groups excluding carboxylic acids is 1. The summed E-state index contributed by atoms with van der Waals surface area (Å²) in [6, 6.07) is 0. The van der Waals surface area contributed by atoms with Gasteiger partial charge in [-0.05, 0) is 97.7 Å². The van der Waals surface area contributed by atoms with E-state index < -0.39 is 0 Å². The first-order valence-electron chi connectivity index (χ1n) is 17.1. The van der Waals surface area contributed by atoms with E-state index in [9.17, 15) is 4.79 Å². The monoisotopic (exact) mass is 526 g/mol. The highest BCUT2D eigenvalue weighted by Crippen LogP contribution is 2.67. The lowest BCUT2D eigenvalue weighted by molar-refractivity contribution is -0.151. The molecule has 0 saturated heterocycles. The molecule has 0 radical (unpaired) electrons. The van der Waals surface area contributed by atoms with E-state index in [-0.39, 0.29) is 12.1 Å². The quantitative estimate of drug-likeness (QED) is 0.135. The highest BCUT2D eigenvalue weighted by atomic mass is 16.5. The van der Waals surface area contributed by atoms with Crippen molar-refractivity contribution >= 4 is 5.97 Å². The fraction of sp³-hybridized carbons (Fsp3) is 0.917. The average molecular weight is 527 g/mol. The summed E-state index contributed by atoms with van der Waals surface area (Å²) in [5.74, 6) is 5.34. The number of rotatable bonds is 13. The highest BCUT2D eigenvalue weighted by Gasteiger charge is 2.59. The van der Waals surface area contributed by atoms with E-state index in [0.717, 1.165) is 54.8 Å². The Bertz CT molecular complexity index is 797. The van der Waals surface area contributed by atoms with Crippen LogP contribution in [0.3, 0.4) is 0 Å². The summed E-state index contributed by atoms with van der Waals surface area (Å²) in [6.45, 7) is 14.9. The van der Waals surface area contributed by atoms with E-state index >= 15 is 0 Å². The molecule has 4 aliphatic carbocycles. The van der Waals surface area contributed by atoms with Crippen LogP contribution in [0, 0.1) is 46.3 Å². The number of carbonyl (C=O) groups is 1. The van der Waals surface area contributed by atoms with Crippen molar-refractivity contribution in [2.24, 2.45) is 46.3 Å². The maximum absolute atomic E-state index is 12.6. The normalized spacial score (nSPS) is 37.2. The van der Waals surface area contributed by atoms with Crippen molar-refractivity contribution in [2.75, 3.05) is 0 Å². The molecule has 0 aromatic heterocycles. The number of allylic oxidation sites excluding steroid dienone is 1. The summed E-state index contributed by atoms with van der Waals surface area (Å²) in [4.78, 5) is 12.6. The second-order valence-electron chi connectivity index (χ2n) is 15.2. The summed E-state index contributed by atoms with van der Waals surface area (Å²) in [6.07, 6.45) is 25.3. The predicted molar refractivity (Wildman–Crippen MR) is 161 cm³/mol. The van der Waals surface area contributed by atoms with Crippen molar-refractivity contribution in [1.82, 2.24) is 0 Å². The summed E-state index contributed by atoms with van der Waals surface area (Å²) in [5.41, 5.74) is 2.54. The minimum atomic E-state index is 0.0522. The van der Waals surface area contributed by atoms with Crippen LogP contribution in [-0.4, -0.2) is 12.1 Å². The summed E-state index contributed by atoms with van der Waals surface area (Å²) in [5, 5.41) is 0. The van der Waals surface area contributed by atoms with Gasteiger partial charge in [-0.15, -0.1) is 0 Å². The Hall–Kier alpha value is -0.790. The van der Waals surface area contributed by atoms with Crippen molar-refractivity contribution in [3.8, 4) is 0 Å². The van der Waals surface area contributed by atoms with Gasteiger partial charge in [-0.1, -0.05) is 105 Å². The molecule has 0 N–H and O–H groups in total. The molecule has 8 atom stereocenters. The van der Waals surface area contributed by atoms with E-state index in [1.54, 1.807) is 5.57 Å². The lowest BCUT2D eigenvalue weighted by Crippen LogP contribution is -2.51. The molecule has 2 heteroatoms. The van der Waals surface area contributed by atoms with Crippen LogP contribution >= 0.6 is 0 Å². The van der Waals surface area contributed by atoms with Gasteiger partial charge in [0, 0.05) is 12.8 Å². The third-order valence-corrected chi connectivity index (χ3v) is 12.3. The SMILES string of the molecule is CCCCCCCCC(=O)O[C@H]1CC[C@@]2(C)C(=CC[C@H]3C2CC[C@@]2(C)C3CC[C@@H]2[C@H](C)CCCC(C)C)C1. The van der Waals surface area contributed by atoms with Gasteiger partial charge in [-0.3, -0.25) is 4.79 Å². The van der Waals surface area contributed by atoms with Crippen LogP contribution in [-0.2, 0) is 9.53 Å². The Balaban J connectivity index is 1.31. The lowest BCUT2D eigenvalue weighted by Gasteiger charge is -2.58. The second kappa shape index (κ2) is 13.2. The van der Waals surface area contributed by atoms with Crippen molar-refractivity contribution in [1.29, 1.82) is 0 Å². The standard InChI is InChI=1S/C36H62O2/c1-7-8-9-10-11-12-16-34(37)38-29-21-23-35(5)28(25-29)17-18-30-32-20-19-31(27(4)15-13-14-26(2)3)36(32,6)24-22-33(30)35/h17,26-27,29-33H,7-16,18-25H2,1-6H3/t27-,29+,30-,31-,32?,33?,35+,36-/m1/s1. The van der Waals surface area contributed by atoms with Crippen molar-refractivity contribution in [2.45, 2.75) is 163 Å². The Morgan fingerprint density at radius 2 is 1.68 bits per heavy atom. The minimum absolute atomic E-state index is 0.0522. The first-order chi connectivity index (χ1) is 18.2. The Labute approximate surface area is 236 Å². The second-order valence-corrected chi connectivity index (χ2v) is 15.2. The topological polar surface area (TPSA) is 26.3 Å². The van der Waals surface area contributed by atoms with Gasteiger partial charge in [-0.25, -0.2) is 0 Å². The molecule has 0 heterocycles. The molecule has 0 spiro atoms. The van der Waals surface area contributed by atoms with Gasteiger partial charge in [0.1, 0.15) is 6.10 Å².